The van der Waals surface area contributed by atoms with Gasteiger partial charge in [0.15, 0.2) is 5.78 Å². The summed E-state index contributed by atoms with van der Waals surface area (Å²) in [4.78, 5) is 13.8. The van der Waals surface area contributed by atoms with E-state index >= 15 is 0 Å². The molecule has 2 atom stereocenters. The smallest absolute Gasteiger partial charge is 0.163 e. The van der Waals surface area contributed by atoms with Gasteiger partial charge >= 0.3 is 0 Å². The average Bonchev–Trinajstić information content (AvgIpc) is 3.01. The highest BCUT2D eigenvalue weighted by Gasteiger charge is 2.37. The molecule has 174 valence electrons. The summed E-state index contributed by atoms with van der Waals surface area (Å²) in [6, 6.07) is 23.8. The normalized spacial score (nSPS) is 19.5. The molecule has 0 bridgehead atoms. The van der Waals surface area contributed by atoms with Crippen LogP contribution in [-0.2, 0) is 4.79 Å². The lowest BCUT2D eigenvalue weighted by atomic mass is 9.78. The van der Waals surface area contributed by atoms with Crippen LogP contribution in [-0.4, -0.2) is 19.0 Å². The van der Waals surface area contributed by atoms with Crippen molar-refractivity contribution in [3.63, 3.8) is 0 Å². The Morgan fingerprint density at radius 2 is 1.68 bits per heavy atom. The summed E-state index contributed by atoms with van der Waals surface area (Å²) >= 11 is 0. The van der Waals surface area contributed by atoms with Crippen molar-refractivity contribution in [1.82, 2.24) is 0 Å². The number of nitrogens with one attached hydrogen (secondary N) is 2. The molecule has 5 nitrogen and oxygen atoms in total. The SMILES string of the molecule is COc1cccc(C2CC(=O)C3=C(C2)Nc2ccccc2NC3c2ccccc2OC(C)C)c1. The maximum atomic E-state index is 13.8. The lowest BCUT2D eigenvalue weighted by Gasteiger charge is -2.31. The van der Waals surface area contributed by atoms with E-state index in [9.17, 15) is 4.79 Å². The number of Topliss-reactive ketones (excluding diaryl/α,β-unsaturated/α-hetero) is 1. The van der Waals surface area contributed by atoms with Crippen LogP contribution in [0.5, 0.6) is 11.5 Å². The molecule has 3 aromatic rings. The number of methoxy groups -OCH3 is 1. The molecule has 0 amide bonds. The Balaban J connectivity index is 1.61. The topological polar surface area (TPSA) is 59.6 Å². The van der Waals surface area contributed by atoms with Crippen molar-refractivity contribution in [2.45, 2.75) is 44.8 Å². The molecule has 5 rings (SSSR count). The van der Waals surface area contributed by atoms with E-state index in [0.717, 1.165) is 51.7 Å². The minimum Gasteiger partial charge on any atom is -0.497 e. The Bertz CT molecular complexity index is 1250. The van der Waals surface area contributed by atoms with Gasteiger partial charge in [-0.1, -0.05) is 42.5 Å². The first-order valence-corrected chi connectivity index (χ1v) is 11.8. The average molecular weight is 455 g/mol. The fourth-order valence-corrected chi connectivity index (χ4v) is 4.94. The number of allylic oxidation sites excluding steroid dienone is 1. The molecule has 34 heavy (non-hydrogen) atoms. The van der Waals surface area contributed by atoms with Gasteiger partial charge in [-0.15, -0.1) is 0 Å². The van der Waals surface area contributed by atoms with Crippen LogP contribution in [0.2, 0.25) is 0 Å². The van der Waals surface area contributed by atoms with Crippen molar-refractivity contribution in [2.24, 2.45) is 0 Å². The molecular weight excluding hydrogens is 424 g/mol. The summed E-state index contributed by atoms with van der Waals surface area (Å²) in [5, 5.41) is 7.26. The van der Waals surface area contributed by atoms with Crippen LogP contribution in [0.15, 0.2) is 84.1 Å². The fourth-order valence-electron chi connectivity index (χ4n) is 4.94. The van der Waals surface area contributed by atoms with Crippen LogP contribution in [0.1, 0.15) is 49.8 Å². The van der Waals surface area contributed by atoms with Crippen LogP contribution in [0, 0.1) is 0 Å². The summed E-state index contributed by atoms with van der Waals surface area (Å²) < 4.78 is 11.6. The fraction of sp³-hybridized carbons (Fsp3) is 0.276. The summed E-state index contributed by atoms with van der Waals surface area (Å²) in [7, 11) is 1.67. The van der Waals surface area contributed by atoms with E-state index < -0.39 is 0 Å². The van der Waals surface area contributed by atoms with Gasteiger partial charge in [0.2, 0.25) is 0 Å². The van der Waals surface area contributed by atoms with Crippen LogP contribution in [0.25, 0.3) is 0 Å². The number of hydrogen-bond donors (Lipinski definition) is 2. The standard InChI is InChI=1S/C29H30N2O3/c1-18(2)34-27-14-7-4-11-22(27)29-28-25(30-23-12-5-6-13-24(23)31-29)16-20(17-26(28)32)19-9-8-10-21(15-19)33-3/h4-15,18,20,29-31H,16-17H2,1-3H3. The molecule has 0 radical (unpaired) electrons. The van der Waals surface area contributed by atoms with Gasteiger partial charge in [-0.3, -0.25) is 4.79 Å². The lowest BCUT2D eigenvalue weighted by molar-refractivity contribution is -0.116. The second-order valence-electron chi connectivity index (χ2n) is 9.15. The number of carbonyl (C=O) groups excluding carboxylic acids is 1. The van der Waals surface area contributed by atoms with E-state index in [1.165, 1.54) is 0 Å². The molecule has 2 unspecified atom stereocenters. The van der Waals surface area contributed by atoms with Crippen LogP contribution >= 0.6 is 0 Å². The molecule has 0 fully saturated rings. The predicted octanol–water partition coefficient (Wildman–Crippen LogP) is 6.46. The second-order valence-corrected chi connectivity index (χ2v) is 9.15. The summed E-state index contributed by atoms with van der Waals surface area (Å²) in [5.41, 5.74) is 5.77. The summed E-state index contributed by atoms with van der Waals surface area (Å²) in [5.74, 6) is 1.83. The number of rotatable bonds is 5. The number of ether oxygens (including phenoxy) is 2. The number of benzene rings is 3. The first-order chi connectivity index (χ1) is 16.5. The molecule has 0 aromatic heterocycles. The second kappa shape index (κ2) is 9.26. The van der Waals surface area contributed by atoms with Crippen molar-refractivity contribution in [3.8, 4) is 11.5 Å². The zero-order valence-electron chi connectivity index (χ0n) is 19.8. The van der Waals surface area contributed by atoms with Crippen molar-refractivity contribution in [3.05, 3.63) is 95.2 Å². The van der Waals surface area contributed by atoms with E-state index in [2.05, 4.69) is 22.8 Å². The Morgan fingerprint density at radius 1 is 0.912 bits per heavy atom. The molecule has 0 saturated carbocycles. The largest absolute Gasteiger partial charge is 0.497 e. The van der Waals surface area contributed by atoms with Gasteiger partial charge in [0.25, 0.3) is 0 Å². The molecule has 0 spiro atoms. The minimum atomic E-state index is -0.306. The van der Waals surface area contributed by atoms with Gasteiger partial charge in [-0.2, -0.15) is 0 Å². The lowest BCUT2D eigenvalue weighted by Crippen LogP contribution is -2.27. The summed E-state index contributed by atoms with van der Waals surface area (Å²) in [6.45, 7) is 4.03. The van der Waals surface area contributed by atoms with Crippen LogP contribution < -0.4 is 20.1 Å². The zero-order valence-corrected chi connectivity index (χ0v) is 19.8. The number of para-hydroxylation sites is 3. The molecular formula is C29H30N2O3. The number of ketones is 1. The Hall–Kier alpha value is -3.73. The Morgan fingerprint density at radius 3 is 2.47 bits per heavy atom. The van der Waals surface area contributed by atoms with E-state index in [0.29, 0.717) is 6.42 Å². The molecule has 1 aliphatic carbocycles. The van der Waals surface area contributed by atoms with Crippen molar-refractivity contribution < 1.29 is 14.3 Å². The van der Waals surface area contributed by atoms with E-state index in [1.54, 1.807) is 7.11 Å². The van der Waals surface area contributed by atoms with Crippen molar-refractivity contribution in [2.75, 3.05) is 17.7 Å². The number of carbonyl (C=O) groups is 1. The van der Waals surface area contributed by atoms with Gasteiger partial charge in [0.05, 0.1) is 30.6 Å². The zero-order chi connectivity index (χ0) is 23.7. The predicted molar refractivity (Wildman–Crippen MR) is 136 cm³/mol. The van der Waals surface area contributed by atoms with Gasteiger partial charge < -0.3 is 20.1 Å². The highest BCUT2D eigenvalue weighted by atomic mass is 16.5. The highest BCUT2D eigenvalue weighted by Crippen LogP contribution is 2.46. The van der Waals surface area contributed by atoms with Crippen LogP contribution in [0.3, 0.4) is 0 Å². The quantitative estimate of drug-likeness (QED) is 0.463. The first-order valence-electron chi connectivity index (χ1n) is 11.8. The van der Waals surface area contributed by atoms with Gasteiger partial charge in [-0.05, 0) is 62.1 Å². The third-order valence-corrected chi connectivity index (χ3v) is 6.47. The molecule has 1 aliphatic heterocycles. The van der Waals surface area contributed by atoms with E-state index in [-0.39, 0.29) is 23.8 Å². The minimum absolute atomic E-state index is 0.0327. The van der Waals surface area contributed by atoms with E-state index in [1.807, 2.05) is 74.5 Å². The molecule has 2 N–H and O–H groups in total. The number of fused-ring (bicyclic) bond motifs is 1. The van der Waals surface area contributed by atoms with E-state index in [4.69, 9.17) is 9.47 Å². The van der Waals surface area contributed by atoms with Crippen LogP contribution in [0.4, 0.5) is 11.4 Å². The third kappa shape index (κ3) is 4.26. The molecule has 5 heteroatoms. The third-order valence-electron chi connectivity index (χ3n) is 6.47. The van der Waals surface area contributed by atoms with Gasteiger partial charge in [0, 0.05) is 23.3 Å². The van der Waals surface area contributed by atoms with Crippen molar-refractivity contribution in [1.29, 1.82) is 0 Å². The van der Waals surface area contributed by atoms with Gasteiger partial charge in [0.1, 0.15) is 11.5 Å². The Labute approximate surface area is 200 Å². The highest BCUT2D eigenvalue weighted by molar-refractivity contribution is 6.01. The molecule has 2 aliphatic rings. The monoisotopic (exact) mass is 454 g/mol. The molecule has 1 heterocycles. The summed E-state index contributed by atoms with van der Waals surface area (Å²) in [6.07, 6.45) is 1.23. The van der Waals surface area contributed by atoms with Crippen molar-refractivity contribution >= 4 is 17.2 Å². The number of anilines is 2. The van der Waals surface area contributed by atoms with Gasteiger partial charge in [-0.25, -0.2) is 0 Å². The molecule has 3 aromatic carbocycles. The molecule has 0 saturated heterocycles. The maximum Gasteiger partial charge on any atom is 0.163 e. The Kier molecular flexibility index (Phi) is 6.01. The maximum absolute atomic E-state index is 13.8. The number of hydrogen-bond acceptors (Lipinski definition) is 5. The first kappa shape index (κ1) is 22.1.